The summed E-state index contributed by atoms with van der Waals surface area (Å²) in [6, 6.07) is 3.31. The van der Waals surface area contributed by atoms with Gasteiger partial charge in [0.2, 0.25) is 0 Å². The summed E-state index contributed by atoms with van der Waals surface area (Å²) in [5.74, 6) is -1.06. The van der Waals surface area contributed by atoms with Gasteiger partial charge in [-0.15, -0.1) is 5.10 Å². The van der Waals surface area contributed by atoms with Crippen molar-refractivity contribution in [3.05, 3.63) is 36.4 Å². The van der Waals surface area contributed by atoms with E-state index in [0.29, 0.717) is 5.69 Å². The molecule has 0 saturated carbocycles. The number of nitrogens with zero attached hydrogens (tertiary/aromatic N) is 4. The molecule has 2 rings (SSSR count). The molecule has 14 heavy (non-hydrogen) atoms. The average Bonchev–Trinajstić information content (AvgIpc) is 2.67. The fourth-order valence-electron chi connectivity index (χ4n) is 1.06. The number of pyridine rings is 1. The largest absolute Gasteiger partial charge is 0.476 e. The smallest absolute Gasteiger partial charge is 0.356 e. The molecular weight excluding hydrogens is 184 g/mol. The van der Waals surface area contributed by atoms with Crippen molar-refractivity contribution in [1.29, 1.82) is 0 Å². The van der Waals surface area contributed by atoms with Gasteiger partial charge in [-0.1, -0.05) is 5.21 Å². The van der Waals surface area contributed by atoms with E-state index in [9.17, 15) is 4.79 Å². The number of carbonyl (C=O) groups is 1. The zero-order valence-corrected chi connectivity index (χ0v) is 7.03. The van der Waals surface area contributed by atoms with Crippen molar-refractivity contribution in [1.82, 2.24) is 20.0 Å². The highest BCUT2D eigenvalue weighted by molar-refractivity contribution is 5.85. The quantitative estimate of drug-likeness (QED) is 0.739. The third-order valence-electron chi connectivity index (χ3n) is 1.68. The highest BCUT2D eigenvalue weighted by atomic mass is 16.4. The summed E-state index contributed by atoms with van der Waals surface area (Å²) in [6.07, 6.45) is 4.31. The van der Waals surface area contributed by atoms with E-state index in [1.807, 2.05) is 0 Å². The van der Waals surface area contributed by atoms with E-state index in [1.54, 1.807) is 24.5 Å². The number of carboxylic acids is 1. The van der Waals surface area contributed by atoms with E-state index in [0.717, 1.165) is 0 Å². The highest BCUT2D eigenvalue weighted by Gasteiger charge is 2.12. The molecule has 70 valence electrons. The molecule has 0 unspecified atom stereocenters. The monoisotopic (exact) mass is 190 g/mol. The number of rotatable bonds is 2. The Balaban J connectivity index is 2.52. The SMILES string of the molecule is O=C(O)c1cnnn1-c1ccncc1. The van der Waals surface area contributed by atoms with Gasteiger partial charge in [0.25, 0.3) is 0 Å². The van der Waals surface area contributed by atoms with E-state index >= 15 is 0 Å². The Hall–Kier alpha value is -2.24. The van der Waals surface area contributed by atoms with Crippen molar-refractivity contribution in [2.24, 2.45) is 0 Å². The number of carboxylic acid groups (broad SMARTS) is 1. The second-order valence-corrected chi connectivity index (χ2v) is 2.54. The Morgan fingerprint density at radius 3 is 2.71 bits per heavy atom. The van der Waals surface area contributed by atoms with Gasteiger partial charge in [-0.25, -0.2) is 9.48 Å². The lowest BCUT2D eigenvalue weighted by Gasteiger charge is -2.00. The van der Waals surface area contributed by atoms with E-state index in [4.69, 9.17) is 5.11 Å². The van der Waals surface area contributed by atoms with Gasteiger partial charge < -0.3 is 5.11 Å². The van der Waals surface area contributed by atoms with Gasteiger partial charge in [0.05, 0.1) is 11.9 Å². The summed E-state index contributed by atoms with van der Waals surface area (Å²) in [5.41, 5.74) is 0.645. The minimum Gasteiger partial charge on any atom is -0.476 e. The van der Waals surface area contributed by atoms with Crippen molar-refractivity contribution in [3.8, 4) is 5.69 Å². The van der Waals surface area contributed by atoms with Crippen molar-refractivity contribution in [2.75, 3.05) is 0 Å². The second kappa shape index (κ2) is 3.25. The minimum absolute atomic E-state index is 0.0243. The molecule has 0 aliphatic rings. The van der Waals surface area contributed by atoms with Gasteiger partial charge in [0.15, 0.2) is 5.69 Å². The van der Waals surface area contributed by atoms with Gasteiger partial charge in [0, 0.05) is 12.4 Å². The Morgan fingerprint density at radius 1 is 1.36 bits per heavy atom. The Labute approximate surface area is 78.8 Å². The molecule has 0 bridgehead atoms. The van der Waals surface area contributed by atoms with Gasteiger partial charge in [-0.3, -0.25) is 4.98 Å². The first kappa shape index (κ1) is 8.36. The van der Waals surface area contributed by atoms with Crippen LogP contribution in [0.2, 0.25) is 0 Å². The number of aromatic carboxylic acids is 1. The van der Waals surface area contributed by atoms with E-state index in [1.165, 1.54) is 10.9 Å². The maximum absolute atomic E-state index is 10.7. The minimum atomic E-state index is -1.06. The molecule has 2 aromatic heterocycles. The van der Waals surface area contributed by atoms with Gasteiger partial charge >= 0.3 is 5.97 Å². The van der Waals surface area contributed by atoms with Crippen LogP contribution in [0, 0.1) is 0 Å². The Morgan fingerprint density at radius 2 is 2.07 bits per heavy atom. The van der Waals surface area contributed by atoms with Crippen LogP contribution in [-0.2, 0) is 0 Å². The first-order chi connectivity index (χ1) is 6.79. The van der Waals surface area contributed by atoms with Gasteiger partial charge in [0.1, 0.15) is 0 Å². The van der Waals surface area contributed by atoms with Gasteiger partial charge in [-0.2, -0.15) is 0 Å². The third kappa shape index (κ3) is 1.33. The molecule has 0 fully saturated rings. The molecule has 0 atom stereocenters. The molecule has 0 radical (unpaired) electrons. The molecule has 6 heteroatoms. The van der Waals surface area contributed by atoms with Crippen molar-refractivity contribution in [2.45, 2.75) is 0 Å². The van der Waals surface area contributed by atoms with Crippen LogP contribution in [0.15, 0.2) is 30.7 Å². The predicted octanol–water partition coefficient (Wildman–Crippen LogP) is 0.360. The molecule has 2 aromatic rings. The number of aromatic nitrogens is 4. The van der Waals surface area contributed by atoms with E-state index < -0.39 is 5.97 Å². The van der Waals surface area contributed by atoms with Crippen LogP contribution in [0.1, 0.15) is 10.5 Å². The maximum Gasteiger partial charge on any atom is 0.356 e. The normalized spacial score (nSPS) is 10.0. The molecule has 2 heterocycles. The molecule has 1 N–H and O–H groups in total. The Kier molecular flexibility index (Phi) is 1.94. The average molecular weight is 190 g/mol. The molecule has 6 nitrogen and oxygen atoms in total. The van der Waals surface area contributed by atoms with Crippen molar-refractivity contribution >= 4 is 5.97 Å². The molecule has 0 aliphatic carbocycles. The summed E-state index contributed by atoms with van der Waals surface area (Å²) in [5, 5.41) is 16.0. The summed E-state index contributed by atoms with van der Waals surface area (Å²) in [6.45, 7) is 0. The highest BCUT2D eigenvalue weighted by Crippen LogP contribution is 2.06. The topological polar surface area (TPSA) is 80.9 Å². The molecule has 0 amide bonds. The summed E-state index contributed by atoms with van der Waals surface area (Å²) < 4.78 is 1.24. The Bertz CT molecular complexity index is 451. The first-order valence-corrected chi connectivity index (χ1v) is 3.83. The first-order valence-electron chi connectivity index (χ1n) is 3.83. The molecular formula is C8H6N4O2. The summed E-state index contributed by atoms with van der Waals surface area (Å²) in [4.78, 5) is 14.6. The summed E-state index contributed by atoms with van der Waals surface area (Å²) >= 11 is 0. The van der Waals surface area contributed by atoms with Crippen LogP contribution < -0.4 is 0 Å². The van der Waals surface area contributed by atoms with Crippen molar-refractivity contribution in [3.63, 3.8) is 0 Å². The van der Waals surface area contributed by atoms with Crippen molar-refractivity contribution < 1.29 is 9.90 Å². The maximum atomic E-state index is 10.7. The number of hydrogen-bond acceptors (Lipinski definition) is 4. The zero-order valence-electron chi connectivity index (χ0n) is 7.03. The van der Waals surface area contributed by atoms with Crippen LogP contribution in [-0.4, -0.2) is 31.1 Å². The van der Waals surface area contributed by atoms with Crippen LogP contribution in [0.4, 0.5) is 0 Å². The predicted molar refractivity (Wildman–Crippen MR) is 46.1 cm³/mol. The molecule has 0 aromatic carbocycles. The molecule has 0 spiro atoms. The fraction of sp³-hybridized carbons (Fsp3) is 0. The third-order valence-corrected chi connectivity index (χ3v) is 1.68. The van der Waals surface area contributed by atoms with E-state index in [-0.39, 0.29) is 5.69 Å². The van der Waals surface area contributed by atoms with E-state index in [2.05, 4.69) is 15.3 Å². The van der Waals surface area contributed by atoms with Crippen LogP contribution in [0.25, 0.3) is 5.69 Å². The zero-order chi connectivity index (χ0) is 9.97. The standard InChI is InChI=1S/C8H6N4O2/c13-8(14)7-5-10-11-12(7)6-1-3-9-4-2-6/h1-5H,(H,13,14). The van der Waals surface area contributed by atoms with Crippen LogP contribution in [0.5, 0.6) is 0 Å². The number of hydrogen-bond donors (Lipinski definition) is 1. The van der Waals surface area contributed by atoms with Crippen LogP contribution in [0.3, 0.4) is 0 Å². The fourth-order valence-corrected chi connectivity index (χ4v) is 1.06. The second-order valence-electron chi connectivity index (χ2n) is 2.54. The lowest BCUT2D eigenvalue weighted by molar-refractivity contribution is 0.0687. The lowest BCUT2D eigenvalue weighted by atomic mass is 10.4. The lowest BCUT2D eigenvalue weighted by Crippen LogP contribution is -2.07. The van der Waals surface area contributed by atoms with Crippen LogP contribution >= 0.6 is 0 Å². The summed E-state index contributed by atoms with van der Waals surface area (Å²) in [7, 11) is 0. The van der Waals surface area contributed by atoms with Gasteiger partial charge in [-0.05, 0) is 12.1 Å². The molecule has 0 saturated heterocycles. The molecule has 0 aliphatic heterocycles.